The number of carbonyl (C=O) groups excluding carboxylic acids is 1. The first kappa shape index (κ1) is 21.2. The maximum atomic E-state index is 12.5. The van der Waals surface area contributed by atoms with Gasteiger partial charge in [-0.25, -0.2) is 8.42 Å². The number of nitrogens with one attached hydrogen (secondary N) is 1. The number of rotatable bonds is 8. The number of nitrogens with zero attached hydrogens (tertiary/aromatic N) is 2. The standard InChI is InChI=1S/C22H29N3O3S/c1-17-8-6-9-18(2)22(17)25(29(3,27)28)16-21(26)23-13-7-14-24-15-12-19-10-4-5-11-20(19)24/h4-6,8-11H,7,12-16H2,1-3H3,(H,23,26). The maximum absolute atomic E-state index is 12.5. The summed E-state index contributed by atoms with van der Waals surface area (Å²) >= 11 is 0. The molecule has 7 heteroatoms. The van der Waals surface area contributed by atoms with Crippen molar-refractivity contribution in [2.75, 3.05) is 41.6 Å². The van der Waals surface area contributed by atoms with Crippen LogP contribution in [0.25, 0.3) is 0 Å². The van der Waals surface area contributed by atoms with E-state index in [4.69, 9.17) is 0 Å². The van der Waals surface area contributed by atoms with Crippen LogP contribution in [0.1, 0.15) is 23.1 Å². The van der Waals surface area contributed by atoms with Crippen molar-refractivity contribution in [1.82, 2.24) is 5.32 Å². The van der Waals surface area contributed by atoms with Crippen LogP contribution in [-0.2, 0) is 21.2 Å². The highest BCUT2D eigenvalue weighted by atomic mass is 32.2. The normalized spacial score (nSPS) is 13.3. The summed E-state index contributed by atoms with van der Waals surface area (Å²) in [5.74, 6) is -0.292. The third kappa shape index (κ3) is 5.09. The first-order valence-corrected chi connectivity index (χ1v) is 11.8. The molecule has 6 nitrogen and oxygen atoms in total. The second-order valence-corrected chi connectivity index (χ2v) is 9.49. The largest absolute Gasteiger partial charge is 0.371 e. The van der Waals surface area contributed by atoms with Gasteiger partial charge in [0, 0.05) is 25.3 Å². The number of aryl methyl sites for hydroxylation is 2. The lowest BCUT2D eigenvalue weighted by Crippen LogP contribution is -2.41. The first-order chi connectivity index (χ1) is 13.8. The number of para-hydroxylation sites is 2. The van der Waals surface area contributed by atoms with Crippen LogP contribution in [0.15, 0.2) is 42.5 Å². The van der Waals surface area contributed by atoms with Gasteiger partial charge in [0.05, 0.1) is 11.9 Å². The number of amides is 1. The van der Waals surface area contributed by atoms with Gasteiger partial charge in [-0.2, -0.15) is 0 Å². The van der Waals surface area contributed by atoms with E-state index < -0.39 is 10.0 Å². The Balaban J connectivity index is 1.55. The number of fused-ring (bicyclic) bond motifs is 1. The monoisotopic (exact) mass is 415 g/mol. The lowest BCUT2D eigenvalue weighted by molar-refractivity contribution is -0.119. The number of hydrogen-bond acceptors (Lipinski definition) is 4. The summed E-state index contributed by atoms with van der Waals surface area (Å²) in [5.41, 5.74) is 4.89. The average Bonchev–Trinajstić information content (AvgIpc) is 3.07. The molecule has 0 bridgehead atoms. The van der Waals surface area contributed by atoms with Gasteiger partial charge in [0.25, 0.3) is 0 Å². The zero-order chi connectivity index (χ0) is 21.0. The molecular formula is C22H29N3O3S. The highest BCUT2D eigenvalue weighted by Gasteiger charge is 2.24. The fourth-order valence-electron chi connectivity index (χ4n) is 3.88. The van der Waals surface area contributed by atoms with Crippen LogP contribution in [0.5, 0.6) is 0 Å². The van der Waals surface area contributed by atoms with Crippen LogP contribution in [-0.4, -0.2) is 46.8 Å². The van der Waals surface area contributed by atoms with Crippen LogP contribution >= 0.6 is 0 Å². The number of carbonyl (C=O) groups is 1. The fourth-order valence-corrected chi connectivity index (χ4v) is 4.86. The predicted octanol–water partition coefficient (Wildman–Crippen LogP) is 2.64. The quantitative estimate of drug-likeness (QED) is 0.673. The molecule has 1 aliphatic rings. The Morgan fingerprint density at radius 1 is 1.10 bits per heavy atom. The molecule has 29 heavy (non-hydrogen) atoms. The zero-order valence-corrected chi connectivity index (χ0v) is 18.1. The minimum absolute atomic E-state index is 0.211. The Labute approximate surface area is 173 Å². The summed E-state index contributed by atoms with van der Waals surface area (Å²) in [4.78, 5) is 14.8. The van der Waals surface area contributed by atoms with Crippen LogP contribution in [0.2, 0.25) is 0 Å². The molecular weight excluding hydrogens is 386 g/mol. The van der Waals surface area contributed by atoms with Gasteiger partial charge in [-0.3, -0.25) is 9.10 Å². The van der Waals surface area contributed by atoms with Gasteiger partial charge in [-0.05, 0) is 49.4 Å². The smallest absolute Gasteiger partial charge is 0.240 e. The Morgan fingerprint density at radius 3 is 2.48 bits per heavy atom. The van der Waals surface area contributed by atoms with E-state index in [1.807, 2.05) is 38.1 Å². The molecule has 156 valence electrons. The van der Waals surface area contributed by atoms with Gasteiger partial charge < -0.3 is 10.2 Å². The Hall–Kier alpha value is -2.54. The molecule has 0 radical (unpaired) electrons. The molecule has 1 N–H and O–H groups in total. The van der Waals surface area contributed by atoms with E-state index in [1.165, 1.54) is 15.6 Å². The maximum Gasteiger partial charge on any atom is 0.240 e. The molecule has 0 atom stereocenters. The van der Waals surface area contributed by atoms with Crippen molar-refractivity contribution in [1.29, 1.82) is 0 Å². The van der Waals surface area contributed by atoms with Gasteiger partial charge in [-0.1, -0.05) is 36.4 Å². The van der Waals surface area contributed by atoms with Crippen molar-refractivity contribution in [3.8, 4) is 0 Å². The van der Waals surface area contributed by atoms with Crippen molar-refractivity contribution in [3.05, 3.63) is 59.2 Å². The van der Waals surface area contributed by atoms with Crippen molar-refractivity contribution >= 4 is 27.3 Å². The second kappa shape index (κ2) is 8.86. The van der Waals surface area contributed by atoms with Crippen LogP contribution in [0.3, 0.4) is 0 Å². The first-order valence-electron chi connectivity index (χ1n) is 9.91. The summed E-state index contributed by atoms with van der Waals surface area (Å²) in [6.45, 7) is 5.88. The summed E-state index contributed by atoms with van der Waals surface area (Å²) in [6.07, 6.45) is 3.00. The van der Waals surface area contributed by atoms with Crippen molar-refractivity contribution in [2.24, 2.45) is 0 Å². The van der Waals surface area contributed by atoms with Gasteiger partial charge in [-0.15, -0.1) is 0 Å². The Bertz CT molecular complexity index is 968. The molecule has 0 saturated heterocycles. The minimum atomic E-state index is -3.57. The van der Waals surface area contributed by atoms with Crippen molar-refractivity contribution in [2.45, 2.75) is 26.7 Å². The lowest BCUT2D eigenvalue weighted by atomic mass is 10.1. The van der Waals surface area contributed by atoms with Gasteiger partial charge in [0.2, 0.25) is 15.9 Å². The lowest BCUT2D eigenvalue weighted by Gasteiger charge is -2.25. The molecule has 0 spiro atoms. The van der Waals surface area contributed by atoms with E-state index in [2.05, 4.69) is 28.4 Å². The van der Waals surface area contributed by atoms with Crippen LogP contribution < -0.4 is 14.5 Å². The Kier molecular flexibility index (Phi) is 6.47. The fraction of sp³-hybridized carbons (Fsp3) is 0.409. The predicted molar refractivity (Wildman–Crippen MR) is 118 cm³/mol. The highest BCUT2D eigenvalue weighted by molar-refractivity contribution is 7.92. The summed E-state index contributed by atoms with van der Waals surface area (Å²) < 4.78 is 25.9. The van der Waals surface area contributed by atoms with Gasteiger partial charge in [0.1, 0.15) is 6.54 Å². The van der Waals surface area contributed by atoms with Crippen molar-refractivity contribution in [3.63, 3.8) is 0 Å². The molecule has 0 aliphatic carbocycles. The van der Waals surface area contributed by atoms with Crippen molar-refractivity contribution < 1.29 is 13.2 Å². The van der Waals surface area contributed by atoms with E-state index in [9.17, 15) is 13.2 Å². The molecule has 2 aromatic rings. The molecule has 3 rings (SSSR count). The van der Waals surface area contributed by atoms with Crippen LogP contribution in [0, 0.1) is 13.8 Å². The average molecular weight is 416 g/mol. The molecule has 1 amide bonds. The number of anilines is 2. The summed E-state index contributed by atoms with van der Waals surface area (Å²) in [7, 11) is -3.57. The van der Waals surface area contributed by atoms with E-state index in [1.54, 1.807) is 0 Å². The zero-order valence-electron chi connectivity index (χ0n) is 17.3. The van der Waals surface area contributed by atoms with Crippen LogP contribution in [0.4, 0.5) is 11.4 Å². The topological polar surface area (TPSA) is 69.7 Å². The number of benzene rings is 2. The Morgan fingerprint density at radius 2 is 1.79 bits per heavy atom. The molecule has 0 saturated carbocycles. The third-order valence-electron chi connectivity index (χ3n) is 5.29. The number of sulfonamides is 1. The summed E-state index contributed by atoms with van der Waals surface area (Å²) in [5, 5.41) is 2.87. The van der Waals surface area contributed by atoms with Gasteiger partial charge in [0.15, 0.2) is 0 Å². The molecule has 2 aromatic carbocycles. The second-order valence-electron chi connectivity index (χ2n) is 7.58. The minimum Gasteiger partial charge on any atom is -0.371 e. The van der Waals surface area contributed by atoms with E-state index in [0.717, 1.165) is 43.3 Å². The van der Waals surface area contributed by atoms with E-state index in [-0.39, 0.29) is 12.5 Å². The van der Waals surface area contributed by atoms with Gasteiger partial charge >= 0.3 is 0 Å². The number of hydrogen-bond donors (Lipinski definition) is 1. The molecule has 0 unspecified atom stereocenters. The van der Waals surface area contributed by atoms with E-state index >= 15 is 0 Å². The van der Waals surface area contributed by atoms with E-state index in [0.29, 0.717) is 12.2 Å². The summed E-state index contributed by atoms with van der Waals surface area (Å²) in [6, 6.07) is 14.0. The molecule has 1 heterocycles. The SMILES string of the molecule is Cc1cccc(C)c1N(CC(=O)NCCCN1CCc2ccccc21)S(C)(=O)=O. The third-order valence-corrected chi connectivity index (χ3v) is 6.40. The highest BCUT2D eigenvalue weighted by Crippen LogP contribution is 2.27. The molecule has 0 fully saturated rings. The molecule has 1 aliphatic heterocycles. The molecule has 0 aromatic heterocycles.